The van der Waals surface area contributed by atoms with Crippen LogP contribution in [0.15, 0.2) is 53.4 Å². The van der Waals surface area contributed by atoms with Crippen molar-refractivity contribution in [3.63, 3.8) is 0 Å². The fraction of sp³-hybridized carbons (Fsp3) is 0.278. The zero-order valence-corrected chi connectivity index (χ0v) is 15.0. The molecule has 0 saturated heterocycles. The second kappa shape index (κ2) is 8.22. The van der Waals surface area contributed by atoms with Crippen LogP contribution in [0.1, 0.15) is 18.1 Å². The van der Waals surface area contributed by atoms with E-state index >= 15 is 0 Å². The van der Waals surface area contributed by atoms with Crippen LogP contribution in [0.25, 0.3) is 0 Å². The van der Waals surface area contributed by atoms with Gasteiger partial charge in [-0.25, -0.2) is 17.5 Å². The van der Waals surface area contributed by atoms with Gasteiger partial charge in [0.05, 0.1) is 4.90 Å². The third-order valence-electron chi connectivity index (χ3n) is 3.71. The van der Waals surface area contributed by atoms with E-state index in [-0.39, 0.29) is 29.7 Å². The molecule has 1 amide bonds. The zero-order valence-electron chi connectivity index (χ0n) is 14.2. The quantitative estimate of drug-likeness (QED) is 0.821. The third kappa shape index (κ3) is 5.65. The first kappa shape index (κ1) is 19.1. The smallest absolute Gasteiger partial charge is 0.240 e. The van der Waals surface area contributed by atoms with Crippen LogP contribution in [0.4, 0.5) is 4.39 Å². The van der Waals surface area contributed by atoms with Gasteiger partial charge in [0, 0.05) is 26.6 Å². The van der Waals surface area contributed by atoms with Gasteiger partial charge in [-0.3, -0.25) is 4.79 Å². The van der Waals surface area contributed by atoms with Gasteiger partial charge in [0.25, 0.3) is 0 Å². The first-order valence-electron chi connectivity index (χ1n) is 7.84. The molecule has 0 aliphatic rings. The first-order valence-corrected chi connectivity index (χ1v) is 9.32. The Morgan fingerprint density at radius 3 is 2.44 bits per heavy atom. The van der Waals surface area contributed by atoms with Crippen LogP contribution in [0.2, 0.25) is 0 Å². The fourth-order valence-electron chi connectivity index (χ4n) is 2.34. The van der Waals surface area contributed by atoms with E-state index in [1.165, 1.54) is 30.0 Å². The highest BCUT2D eigenvalue weighted by atomic mass is 32.2. The number of nitrogens with one attached hydrogen (secondary N) is 1. The number of carbonyl (C=O) groups excluding carboxylic acids is 1. The maximum absolute atomic E-state index is 12.9. The van der Waals surface area contributed by atoms with E-state index in [2.05, 4.69) is 4.72 Å². The first-order chi connectivity index (χ1) is 11.8. The van der Waals surface area contributed by atoms with E-state index < -0.39 is 10.0 Å². The molecular weight excluding hydrogens is 343 g/mol. The Balaban J connectivity index is 1.97. The highest BCUT2D eigenvalue weighted by Crippen LogP contribution is 2.11. The fourth-order valence-corrected chi connectivity index (χ4v) is 3.46. The van der Waals surface area contributed by atoms with E-state index in [4.69, 9.17) is 0 Å². The van der Waals surface area contributed by atoms with Crippen LogP contribution in [-0.4, -0.2) is 32.3 Å². The number of rotatable bonds is 7. The summed E-state index contributed by atoms with van der Waals surface area (Å²) >= 11 is 0. The van der Waals surface area contributed by atoms with Crippen molar-refractivity contribution in [3.8, 4) is 0 Å². The van der Waals surface area contributed by atoms with Crippen molar-refractivity contribution < 1.29 is 17.6 Å². The molecule has 0 heterocycles. The minimum absolute atomic E-state index is 0.0943. The topological polar surface area (TPSA) is 66.5 Å². The molecular formula is C18H21FN2O3S. The Morgan fingerprint density at radius 1 is 1.16 bits per heavy atom. The molecule has 0 bridgehead atoms. The van der Waals surface area contributed by atoms with Gasteiger partial charge in [-0.15, -0.1) is 0 Å². The highest BCUT2D eigenvalue weighted by molar-refractivity contribution is 7.89. The summed E-state index contributed by atoms with van der Waals surface area (Å²) in [6, 6.07) is 12.5. The largest absolute Gasteiger partial charge is 0.337 e. The molecule has 25 heavy (non-hydrogen) atoms. The summed E-state index contributed by atoms with van der Waals surface area (Å²) < 4.78 is 40.0. The molecule has 0 saturated carbocycles. The zero-order chi connectivity index (χ0) is 18.4. The van der Waals surface area contributed by atoms with Crippen LogP contribution < -0.4 is 4.72 Å². The van der Waals surface area contributed by atoms with Gasteiger partial charge < -0.3 is 4.90 Å². The summed E-state index contributed by atoms with van der Waals surface area (Å²) in [4.78, 5) is 13.5. The van der Waals surface area contributed by atoms with Crippen molar-refractivity contribution in [2.24, 2.45) is 0 Å². The maximum Gasteiger partial charge on any atom is 0.240 e. The minimum Gasteiger partial charge on any atom is -0.337 e. The number of nitrogens with zero attached hydrogens (tertiary/aromatic N) is 1. The van der Waals surface area contributed by atoms with Gasteiger partial charge in [-0.1, -0.05) is 24.3 Å². The van der Waals surface area contributed by atoms with E-state index in [0.29, 0.717) is 6.54 Å². The van der Waals surface area contributed by atoms with Gasteiger partial charge in [-0.05, 0) is 42.3 Å². The number of halogens is 1. The second-order valence-corrected chi connectivity index (χ2v) is 7.55. The lowest BCUT2D eigenvalue weighted by Gasteiger charge is -2.21. The number of amides is 1. The average Bonchev–Trinajstić information content (AvgIpc) is 2.55. The predicted octanol–water partition coefficient (Wildman–Crippen LogP) is 2.46. The molecule has 2 aromatic carbocycles. The molecule has 7 heteroatoms. The number of sulfonamides is 1. The summed E-state index contributed by atoms with van der Waals surface area (Å²) in [5.74, 6) is -0.525. The Hall–Kier alpha value is -2.25. The molecule has 0 aromatic heterocycles. The number of hydrogen-bond acceptors (Lipinski definition) is 3. The van der Waals surface area contributed by atoms with Crippen LogP contribution >= 0.6 is 0 Å². The molecule has 0 aliphatic carbocycles. The Morgan fingerprint density at radius 2 is 1.84 bits per heavy atom. The van der Waals surface area contributed by atoms with Gasteiger partial charge in [0.15, 0.2) is 0 Å². The maximum atomic E-state index is 12.9. The minimum atomic E-state index is -3.62. The predicted molar refractivity (Wildman–Crippen MR) is 93.9 cm³/mol. The molecule has 134 valence electrons. The summed E-state index contributed by atoms with van der Waals surface area (Å²) in [6.07, 6.45) is 0. The number of carbonyl (C=O) groups is 1. The SMILES string of the molecule is CC(=O)N(CCNS(=O)(=O)c1cccc(C)c1)Cc1ccc(F)cc1. The standard InChI is InChI=1S/C18H21FN2O3S/c1-14-4-3-5-18(12-14)25(23,24)20-10-11-21(15(2)22)13-16-6-8-17(19)9-7-16/h3-9,12,20H,10-11,13H2,1-2H3. The van der Waals surface area contributed by atoms with E-state index in [9.17, 15) is 17.6 Å². The van der Waals surface area contributed by atoms with E-state index in [1.807, 2.05) is 13.0 Å². The van der Waals surface area contributed by atoms with Gasteiger partial charge in [0.1, 0.15) is 5.82 Å². The number of benzene rings is 2. The Bertz CT molecular complexity index is 836. The van der Waals surface area contributed by atoms with Gasteiger partial charge >= 0.3 is 0 Å². The van der Waals surface area contributed by atoms with Crippen LogP contribution in [0.3, 0.4) is 0 Å². The lowest BCUT2D eigenvalue weighted by atomic mass is 10.2. The van der Waals surface area contributed by atoms with E-state index in [1.54, 1.807) is 24.3 Å². The molecule has 5 nitrogen and oxygen atoms in total. The molecule has 1 N–H and O–H groups in total. The van der Waals surface area contributed by atoms with Crippen molar-refractivity contribution in [3.05, 3.63) is 65.5 Å². The lowest BCUT2D eigenvalue weighted by Crippen LogP contribution is -2.37. The summed E-state index contributed by atoms with van der Waals surface area (Å²) in [5.41, 5.74) is 1.63. The van der Waals surface area contributed by atoms with Gasteiger partial charge in [-0.2, -0.15) is 0 Å². The summed E-state index contributed by atoms with van der Waals surface area (Å²) in [7, 11) is -3.62. The number of aryl methyl sites for hydroxylation is 1. The normalized spacial score (nSPS) is 11.3. The van der Waals surface area contributed by atoms with Crippen molar-refractivity contribution in [1.82, 2.24) is 9.62 Å². The molecule has 0 aliphatic heterocycles. The van der Waals surface area contributed by atoms with Crippen molar-refractivity contribution in [2.75, 3.05) is 13.1 Å². The van der Waals surface area contributed by atoms with Gasteiger partial charge in [0.2, 0.25) is 15.9 Å². The van der Waals surface area contributed by atoms with Crippen molar-refractivity contribution in [1.29, 1.82) is 0 Å². The Labute approximate surface area is 147 Å². The molecule has 0 radical (unpaired) electrons. The molecule has 0 fully saturated rings. The second-order valence-electron chi connectivity index (χ2n) is 5.78. The van der Waals surface area contributed by atoms with Crippen LogP contribution in [0, 0.1) is 12.7 Å². The molecule has 2 rings (SSSR count). The Kier molecular flexibility index (Phi) is 6.27. The van der Waals surface area contributed by atoms with Crippen molar-refractivity contribution in [2.45, 2.75) is 25.3 Å². The summed E-state index contributed by atoms with van der Waals surface area (Å²) in [5, 5.41) is 0. The van der Waals surface area contributed by atoms with E-state index in [0.717, 1.165) is 11.1 Å². The third-order valence-corrected chi connectivity index (χ3v) is 5.16. The lowest BCUT2D eigenvalue weighted by molar-refractivity contribution is -0.129. The van der Waals surface area contributed by atoms with Crippen LogP contribution in [0.5, 0.6) is 0 Å². The average molecular weight is 364 g/mol. The van der Waals surface area contributed by atoms with Crippen molar-refractivity contribution >= 4 is 15.9 Å². The molecule has 0 unspecified atom stereocenters. The molecule has 0 spiro atoms. The monoisotopic (exact) mass is 364 g/mol. The molecule has 0 atom stereocenters. The summed E-state index contributed by atoms with van der Waals surface area (Å²) in [6.45, 7) is 3.84. The number of hydrogen-bond donors (Lipinski definition) is 1. The van der Waals surface area contributed by atoms with Crippen LogP contribution in [-0.2, 0) is 21.4 Å². The molecule has 2 aromatic rings. The highest BCUT2D eigenvalue weighted by Gasteiger charge is 2.15.